The highest BCUT2D eigenvalue weighted by molar-refractivity contribution is 7.71. The predicted octanol–water partition coefficient (Wildman–Crippen LogP) is -0.580. The zero-order valence-corrected chi connectivity index (χ0v) is 6.10. The third kappa shape index (κ3) is 0.926. The van der Waals surface area contributed by atoms with Gasteiger partial charge in [0.25, 0.3) is 5.56 Å². The Kier molecular flexibility index (Phi) is 1.54. The minimum absolute atomic E-state index is 0.0731. The second-order valence-corrected chi connectivity index (χ2v) is 2.16. The van der Waals surface area contributed by atoms with Crippen molar-refractivity contribution in [1.82, 2.24) is 14.8 Å². The van der Waals surface area contributed by atoms with E-state index < -0.39 is 0 Å². The first-order valence-electron chi connectivity index (χ1n) is 2.54. The van der Waals surface area contributed by atoms with Crippen LogP contribution in [0.15, 0.2) is 4.79 Å². The van der Waals surface area contributed by atoms with Crippen LogP contribution in [0.1, 0.15) is 0 Å². The number of nitrogens with one attached hydrogen (secondary N) is 1. The highest BCUT2D eigenvalue weighted by atomic mass is 32.1. The molecule has 54 valence electrons. The van der Waals surface area contributed by atoms with E-state index in [4.69, 9.17) is 5.73 Å². The Balaban J connectivity index is 3.66. The molecule has 1 aromatic heterocycles. The molecule has 5 nitrogen and oxygen atoms in total. The van der Waals surface area contributed by atoms with Gasteiger partial charge in [-0.3, -0.25) is 14.5 Å². The summed E-state index contributed by atoms with van der Waals surface area (Å²) in [4.78, 5) is 10.9. The van der Waals surface area contributed by atoms with E-state index in [2.05, 4.69) is 22.4 Å². The lowest BCUT2D eigenvalue weighted by atomic mass is 10.7. The fourth-order valence-electron chi connectivity index (χ4n) is 0.495. The fourth-order valence-corrected chi connectivity index (χ4v) is 0.623. The zero-order valence-electron chi connectivity index (χ0n) is 5.29. The van der Waals surface area contributed by atoms with Gasteiger partial charge in [-0.1, -0.05) is 0 Å². The number of aromatic nitrogens is 3. The molecule has 0 atom stereocenters. The van der Waals surface area contributed by atoms with E-state index in [9.17, 15) is 4.79 Å². The Bertz CT molecular complexity index is 351. The van der Waals surface area contributed by atoms with Crippen molar-refractivity contribution in [2.75, 3.05) is 5.73 Å². The van der Waals surface area contributed by atoms with Gasteiger partial charge in [-0.2, -0.15) is 0 Å². The highest BCUT2D eigenvalue weighted by Gasteiger charge is 1.96. The average Bonchev–Trinajstić information content (AvgIpc) is 1.93. The second-order valence-electron chi connectivity index (χ2n) is 1.78. The zero-order chi connectivity index (χ0) is 7.72. The monoisotopic (exact) mass is 158 g/mol. The molecule has 0 saturated carbocycles. The number of nitrogens with two attached hydrogens (primary N) is 1. The molecule has 1 heterocycles. The summed E-state index contributed by atoms with van der Waals surface area (Å²) in [5, 5.41) is 5.87. The van der Waals surface area contributed by atoms with Crippen LogP contribution in [0.3, 0.4) is 0 Å². The van der Waals surface area contributed by atoms with Crippen LogP contribution in [0.5, 0.6) is 0 Å². The number of hydrogen-bond acceptors (Lipinski definition) is 4. The maximum atomic E-state index is 10.9. The smallest absolute Gasteiger partial charge is 0.296 e. The molecule has 1 rings (SSSR count). The quantitative estimate of drug-likeness (QED) is 0.495. The van der Waals surface area contributed by atoms with E-state index in [1.165, 1.54) is 11.6 Å². The molecule has 0 unspecified atom stereocenters. The molecule has 0 saturated heterocycles. The summed E-state index contributed by atoms with van der Waals surface area (Å²) in [5.41, 5.74) is 4.80. The van der Waals surface area contributed by atoms with Gasteiger partial charge in [-0.15, -0.1) is 5.10 Å². The van der Waals surface area contributed by atoms with Crippen LogP contribution in [0.4, 0.5) is 5.82 Å². The molecule has 0 aliphatic rings. The van der Waals surface area contributed by atoms with Crippen molar-refractivity contribution in [3.8, 4) is 0 Å². The van der Waals surface area contributed by atoms with Crippen molar-refractivity contribution < 1.29 is 0 Å². The lowest BCUT2D eigenvalue weighted by Gasteiger charge is -1.95. The molecule has 0 aromatic carbocycles. The summed E-state index contributed by atoms with van der Waals surface area (Å²) in [6, 6.07) is 0. The van der Waals surface area contributed by atoms with Crippen LogP contribution in [0.2, 0.25) is 0 Å². The number of aromatic amines is 1. The molecular weight excluding hydrogens is 152 g/mol. The molecule has 3 N–H and O–H groups in total. The molecular formula is C4H6N4OS. The van der Waals surface area contributed by atoms with Crippen molar-refractivity contribution in [3.63, 3.8) is 0 Å². The normalized spacial score (nSPS) is 9.70. The SMILES string of the molecule is Cn1c(=S)[nH]nc(N)c1=O. The Hall–Kier alpha value is -1.17. The Morgan fingerprint density at radius 3 is 2.90 bits per heavy atom. The molecule has 0 amide bonds. The van der Waals surface area contributed by atoms with E-state index in [0.717, 1.165) is 0 Å². The van der Waals surface area contributed by atoms with Crippen LogP contribution < -0.4 is 11.3 Å². The van der Waals surface area contributed by atoms with Gasteiger partial charge in [0.05, 0.1) is 0 Å². The third-order valence-corrected chi connectivity index (χ3v) is 1.47. The standard InChI is InChI=1S/C4H6N4OS/c1-8-3(9)2(5)6-7-4(8)10/h1H3,(H2,5,6)(H,7,10). The van der Waals surface area contributed by atoms with Gasteiger partial charge in [-0.25, -0.2) is 0 Å². The lowest BCUT2D eigenvalue weighted by Crippen LogP contribution is -2.23. The van der Waals surface area contributed by atoms with Gasteiger partial charge in [0.2, 0.25) is 5.82 Å². The minimum Gasteiger partial charge on any atom is -0.378 e. The predicted molar refractivity (Wildman–Crippen MR) is 39.1 cm³/mol. The molecule has 1 aromatic rings. The largest absolute Gasteiger partial charge is 0.378 e. The average molecular weight is 158 g/mol. The Morgan fingerprint density at radius 2 is 2.40 bits per heavy atom. The van der Waals surface area contributed by atoms with Crippen LogP contribution in [-0.2, 0) is 7.05 Å². The first kappa shape index (κ1) is 6.94. The molecule has 10 heavy (non-hydrogen) atoms. The van der Waals surface area contributed by atoms with Crippen LogP contribution >= 0.6 is 12.2 Å². The van der Waals surface area contributed by atoms with Crippen molar-refractivity contribution >= 4 is 18.0 Å². The van der Waals surface area contributed by atoms with Crippen molar-refractivity contribution in [3.05, 3.63) is 15.1 Å². The molecule has 6 heteroatoms. The number of H-pyrrole nitrogens is 1. The summed E-state index contributed by atoms with van der Waals surface area (Å²) < 4.78 is 1.48. The molecule has 0 bridgehead atoms. The van der Waals surface area contributed by atoms with E-state index in [0.29, 0.717) is 0 Å². The van der Waals surface area contributed by atoms with Gasteiger partial charge >= 0.3 is 0 Å². The summed E-state index contributed by atoms with van der Waals surface area (Å²) >= 11 is 4.69. The summed E-state index contributed by atoms with van der Waals surface area (Å²) in [6.45, 7) is 0. The number of nitrogen functional groups attached to an aromatic ring is 1. The molecule has 0 spiro atoms. The number of anilines is 1. The molecule has 0 aliphatic carbocycles. The second kappa shape index (κ2) is 2.22. The van der Waals surface area contributed by atoms with Gasteiger partial charge in [-0.05, 0) is 12.2 Å². The highest BCUT2D eigenvalue weighted by Crippen LogP contribution is 1.80. The van der Waals surface area contributed by atoms with E-state index in [-0.39, 0.29) is 16.1 Å². The maximum Gasteiger partial charge on any atom is 0.296 e. The van der Waals surface area contributed by atoms with Gasteiger partial charge in [0.1, 0.15) is 0 Å². The number of rotatable bonds is 0. The first-order chi connectivity index (χ1) is 4.63. The van der Waals surface area contributed by atoms with Crippen molar-refractivity contribution in [2.45, 2.75) is 0 Å². The topological polar surface area (TPSA) is 76.7 Å². The minimum atomic E-state index is -0.372. The maximum absolute atomic E-state index is 10.9. The lowest BCUT2D eigenvalue weighted by molar-refractivity contribution is 0.763. The fraction of sp³-hybridized carbons (Fsp3) is 0.250. The Morgan fingerprint density at radius 1 is 1.80 bits per heavy atom. The van der Waals surface area contributed by atoms with Crippen molar-refractivity contribution in [2.24, 2.45) is 7.05 Å². The molecule has 0 fully saturated rings. The summed E-state index contributed by atoms with van der Waals surface area (Å²) in [6.07, 6.45) is 0. The number of nitrogens with zero attached hydrogens (tertiary/aromatic N) is 2. The van der Waals surface area contributed by atoms with Crippen LogP contribution in [-0.4, -0.2) is 14.8 Å². The third-order valence-electron chi connectivity index (χ3n) is 1.10. The van der Waals surface area contributed by atoms with Gasteiger partial charge in [0.15, 0.2) is 4.77 Å². The van der Waals surface area contributed by atoms with Gasteiger partial charge in [0, 0.05) is 7.05 Å². The van der Waals surface area contributed by atoms with Crippen LogP contribution in [0, 0.1) is 4.77 Å². The van der Waals surface area contributed by atoms with Crippen molar-refractivity contribution in [1.29, 1.82) is 0 Å². The summed E-state index contributed by atoms with van der Waals surface area (Å²) in [7, 11) is 1.53. The molecule has 0 radical (unpaired) electrons. The van der Waals surface area contributed by atoms with Crippen LogP contribution in [0.25, 0.3) is 0 Å². The Labute approximate surface area is 61.5 Å². The van der Waals surface area contributed by atoms with E-state index in [1.54, 1.807) is 0 Å². The molecule has 0 aliphatic heterocycles. The van der Waals surface area contributed by atoms with Gasteiger partial charge < -0.3 is 5.73 Å². The number of hydrogen-bond donors (Lipinski definition) is 2. The van der Waals surface area contributed by atoms with E-state index in [1.807, 2.05) is 0 Å². The summed E-state index contributed by atoms with van der Waals surface area (Å²) in [5.74, 6) is -0.0731. The van der Waals surface area contributed by atoms with E-state index >= 15 is 0 Å². The first-order valence-corrected chi connectivity index (χ1v) is 2.95.